The second-order valence-electron chi connectivity index (χ2n) is 15.0. The van der Waals surface area contributed by atoms with Crippen LogP contribution < -0.4 is 13.6 Å². The first-order valence-corrected chi connectivity index (χ1v) is 17.3. The van der Waals surface area contributed by atoms with Gasteiger partial charge in [-0.3, -0.25) is 14.4 Å². The van der Waals surface area contributed by atoms with Gasteiger partial charge >= 0.3 is 26.5 Å². The highest BCUT2D eigenvalue weighted by atomic mass is 31.2. The molecule has 0 fully saturated rings. The van der Waals surface area contributed by atoms with E-state index in [-0.39, 0.29) is 53.4 Å². The molecule has 0 spiro atoms. The zero-order chi connectivity index (χ0) is 36.7. The third-order valence-electron chi connectivity index (χ3n) is 7.83. The van der Waals surface area contributed by atoms with Gasteiger partial charge < -0.3 is 27.8 Å². The number of ether oxygens (including phenoxy) is 3. The summed E-state index contributed by atoms with van der Waals surface area (Å²) in [5.41, 5.74) is 4.05. The summed E-state index contributed by atoms with van der Waals surface area (Å²) in [6.45, 7) is 18.6. The average Bonchev–Trinajstić information content (AvgIpc) is 3.01. The van der Waals surface area contributed by atoms with E-state index < -0.39 is 8.60 Å². The number of carbonyl (C=O) groups is 3. The second-order valence-corrected chi connectivity index (χ2v) is 16.0. The van der Waals surface area contributed by atoms with Gasteiger partial charge in [-0.15, -0.1) is 0 Å². The molecule has 49 heavy (non-hydrogen) atoms. The largest absolute Gasteiger partial charge is 0.530 e. The maximum Gasteiger partial charge on any atom is 0.530 e. The lowest BCUT2D eigenvalue weighted by Gasteiger charge is -2.28. The van der Waals surface area contributed by atoms with E-state index in [1.807, 2.05) is 48.5 Å². The van der Waals surface area contributed by atoms with E-state index in [2.05, 4.69) is 62.3 Å². The van der Waals surface area contributed by atoms with Gasteiger partial charge in [-0.05, 0) is 62.8 Å². The van der Waals surface area contributed by atoms with Gasteiger partial charge in [-0.1, -0.05) is 92.6 Å². The smallest absolute Gasteiger partial charge is 0.469 e. The Morgan fingerprint density at radius 3 is 1.31 bits per heavy atom. The van der Waals surface area contributed by atoms with Crippen molar-refractivity contribution in [2.75, 3.05) is 21.3 Å². The molecule has 9 nitrogen and oxygen atoms in total. The summed E-state index contributed by atoms with van der Waals surface area (Å²) in [5, 5.41) is 0. The molecule has 0 aliphatic rings. The summed E-state index contributed by atoms with van der Waals surface area (Å²) < 4.78 is 34.6. The zero-order valence-corrected chi connectivity index (χ0v) is 31.8. The number of methoxy groups -OCH3 is 3. The predicted molar refractivity (Wildman–Crippen MR) is 191 cm³/mol. The molecule has 0 aliphatic heterocycles. The van der Waals surface area contributed by atoms with Crippen LogP contribution in [0.15, 0.2) is 54.6 Å². The fraction of sp³-hybridized carbons (Fsp3) is 0.462. The van der Waals surface area contributed by atoms with E-state index >= 15 is 0 Å². The molecule has 3 rings (SSSR count). The van der Waals surface area contributed by atoms with Crippen molar-refractivity contribution in [2.24, 2.45) is 0 Å². The lowest BCUT2D eigenvalue weighted by atomic mass is 9.83. The van der Waals surface area contributed by atoms with Crippen molar-refractivity contribution < 1.29 is 42.2 Å². The average molecular weight is 695 g/mol. The fourth-order valence-electron chi connectivity index (χ4n) is 5.18. The summed E-state index contributed by atoms with van der Waals surface area (Å²) in [4.78, 5) is 36.4. The van der Waals surface area contributed by atoms with Gasteiger partial charge in [-0.2, -0.15) is 0 Å². The van der Waals surface area contributed by atoms with Crippen LogP contribution in [-0.2, 0) is 64.1 Å². The molecule has 3 aromatic carbocycles. The molecule has 0 N–H and O–H groups in total. The van der Waals surface area contributed by atoms with Crippen LogP contribution in [0.25, 0.3) is 0 Å². The van der Waals surface area contributed by atoms with Gasteiger partial charge in [-0.25, -0.2) is 0 Å². The summed E-state index contributed by atoms with van der Waals surface area (Å²) in [7, 11) is 1.98. The Labute approximate surface area is 292 Å². The number of carbonyl (C=O) groups excluding carboxylic acids is 3. The number of benzene rings is 3. The molecule has 0 radical (unpaired) electrons. The van der Waals surface area contributed by atoms with Gasteiger partial charge in [0.05, 0.1) is 40.6 Å². The third kappa shape index (κ3) is 11.2. The van der Waals surface area contributed by atoms with E-state index in [4.69, 9.17) is 27.8 Å². The van der Waals surface area contributed by atoms with Crippen LogP contribution in [0.3, 0.4) is 0 Å². The number of hydrogen-bond donors (Lipinski definition) is 0. The van der Waals surface area contributed by atoms with E-state index in [9.17, 15) is 14.4 Å². The number of rotatable bonds is 12. The molecule has 0 saturated carbocycles. The number of esters is 3. The molecule has 0 bridgehead atoms. The Bertz CT molecular complexity index is 1560. The van der Waals surface area contributed by atoms with Gasteiger partial charge in [0.25, 0.3) is 0 Å². The lowest BCUT2D eigenvalue weighted by Crippen LogP contribution is -2.18. The molecule has 0 unspecified atom stereocenters. The van der Waals surface area contributed by atoms with E-state index in [0.29, 0.717) is 17.2 Å². The van der Waals surface area contributed by atoms with Crippen molar-refractivity contribution in [1.29, 1.82) is 0 Å². The van der Waals surface area contributed by atoms with Crippen LogP contribution in [0, 0.1) is 0 Å². The maximum absolute atomic E-state index is 12.2. The minimum Gasteiger partial charge on any atom is -0.469 e. The third-order valence-corrected chi connectivity index (χ3v) is 8.89. The molecule has 0 atom stereocenters. The van der Waals surface area contributed by atoms with Gasteiger partial charge in [0, 0.05) is 11.1 Å². The fourth-order valence-corrected chi connectivity index (χ4v) is 6.22. The summed E-state index contributed by atoms with van der Waals surface area (Å²) >= 11 is 0. The van der Waals surface area contributed by atoms with Gasteiger partial charge in [0.1, 0.15) is 17.2 Å². The van der Waals surface area contributed by atoms with Crippen LogP contribution in [-0.4, -0.2) is 39.2 Å². The first-order valence-electron chi connectivity index (χ1n) is 16.2. The number of hydrogen-bond acceptors (Lipinski definition) is 9. The van der Waals surface area contributed by atoms with Crippen LogP contribution >= 0.6 is 8.60 Å². The zero-order valence-electron chi connectivity index (χ0n) is 30.9. The Morgan fingerprint density at radius 1 is 0.510 bits per heavy atom. The van der Waals surface area contributed by atoms with Crippen LogP contribution in [0.5, 0.6) is 17.2 Å². The molecule has 0 amide bonds. The highest BCUT2D eigenvalue weighted by Gasteiger charge is 2.30. The van der Waals surface area contributed by atoms with Crippen molar-refractivity contribution in [3.63, 3.8) is 0 Å². The van der Waals surface area contributed by atoms with Crippen molar-refractivity contribution in [2.45, 2.75) is 97.8 Å². The quantitative estimate of drug-likeness (QED) is 0.105. The van der Waals surface area contributed by atoms with E-state index in [0.717, 1.165) is 33.4 Å². The van der Waals surface area contributed by atoms with Crippen molar-refractivity contribution in [1.82, 2.24) is 0 Å². The molecule has 0 saturated heterocycles. The first-order chi connectivity index (χ1) is 22.7. The van der Waals surface area contributed by atoms with E-state index in [1.54, 1.807) is 6.07 Å². The second kappa shape index (κ2) is 16.1. The molecular weight excluding hydrogens is 643 g/mol. The topological polar surface area (TPSA) is 107 Å². The highest BCUT2D eigenvalue weighted by Crippen LogP contribution is 2.48. The molecular formula is C39H51O9P. The van der Waals surface area contributed by atoms with Crippen molar-refractivity contribution >= 4 is 26.5 Å². The van der Waals surface area contributed by atoms with Crippen LogP contribution in [0.1, 0.15) is 95.7 Å². The Balaban J connectivity index is 2.15. The Kier molecular flexibility index (Phi) is 12.9. The summed E-state index contributed by atoms with van der Waals surface area (Å²) in [6, 6.07) is 16.8. The monoisotopic (exact) mass is 694 g/mol. The SMILES string of the molecule is COC(=O)Cc1ccc(OP(Oc2ccc(CC(=O)OC)c(C(C)(C)C)c2)Oc2ccc(CC(=O)OC)cc2C(C)(C)C)c(C(C)(C)C)c1. The molecule has 10 heteroatoms. The first kappa shape index (κ1) is 39.3. The van der Waals surface area contributed by atoms with Crippen molar-refractivity contribution in [3.05, 3.63) is 88.0 Å². The molecule has 0 aliphatic carbocycles. The van der Waals surface area contributed by atoms with Crippen LogP contribution in [0.4, 0.5) is 0 Å². The Hall–Kier alpha value is -4.10. The summed E-state index contributed by atoms with van der Waals surface area (Å²) in [6.07, 6.45) is 0.384. The summed E-state index contributed by atoms with van der Waals surface area (Å²) in [5.74, 6) is 0.597. The highest BCUT2D eigenvalue weighted by molar-refractivity contribution is 7.43. The van der Waals surface area contributed by atoms with Gasteiger partial charge in [0.15, 0.2) is 0 Å². The molecule has 0 aromatic heterocycles. The normalized spacial score (nSPS) is 11.9. The Morgan fingerprint density at radius 2 is 0.918 bits per heavy atom. The maximum atomic E-state index is 12.2. The van der Waals surface area contributed by atoms with Crippen LogP contribution in [0.2, 0.25) is 0 Å². The van der Waals surface area contributed by atoms with Crippen molar-refractivity contribution in [3.8, 4) is 17.2 Å². The minimum absolute atomic E-state index is 0.127. The molecule has 0 heterocycles. The molecule has 3 aromatic rings. The molecule has 266 valence electrons. The van der Waals surface area contributed by atoms with E-state index in [1.165, 1.54) is 21.3 Å². The predicted octanol–water partition coefficient (Wildman–Crippen LogP) is 8.49. The lowest BCUT2D eigenvalue weighted by molar-refractivity contribution is -0.140. The van der Waals surface area contributed by atoms with Gasteiger partial charge in [0.2, 0.25) is 0 Å². The standard InChI is InChI=1S/C39H51O9P/c1-37(2,3)29-24-28(16-15-27(29)23-36(42)45-12)46-49(47-32-17-13-25(21-34(40)43-10)19-30(32)38(4,5)6)48-33-18-14-26(22-35(41)44-11)20-31(33)39(7,8)9/h13-20,24H,21-23H2,1-12H3. The minimum atomic E-state index is -2.13.